The molecule has 148 valence electrons. The average molecular weight is 431 g/mol. The van der Waals surface area contributed by atoms with Gasteiger partial charge in [-0.1, -0.05) is 59.6 Å². The van der Waals surface area contributed by atoms with Crippen LogP contribution < -0.4 is 9.64 Å². The van der Waals surface area contributed by atoms with E-state index in [1.165, 1.54) is 29.2 Å². The minimum atomic E-state index is -0.501. The summed E-state index contributed by atoms with van der Waals surface area (Å²) in [5.41, 5.74) is 1.17. The lowest BCUT2D eigenvalue weighted by atomic mass is 10.2. The average Bonchev–Trinajstić information content (AvgIpc) is 2.72. The number of non-ortho nitro benzene ring substituents is 1. The third-order valence-electron chi connectivity index (χ3n) is 4.08. The summed E-state index contributed by atoms with van der Waals surface area (Å²) in [5.74, 6) is -0.0523. The van der Waals surface area contributed by atoms with Gasteiger partial charge >= 0.3 is 0 Å². The van der Waals surface area contributed by atoms with Gasteiger partial charge in [0.05, 0.1) is 22.2 Å². The Labute approximate surface area is 177 Å². The van der Waals surface area contributed by atoms with Crippen molar-refractivity contribution in [2.45, 2.75) is 6.54 Å². The summed E-state index contributed by atoms with van der Waals surface area (Å²) in [5, 5.41) is 11.9. The Kier molecular flexibility index (Phi) is 6.69. The Morgan fingerprint density at radius 3 is 2.45 bits per heavy atom. The minimum absolute atomic E-state index is 0.102. The second kappa shape index (κ2) is 9.41. The number of benzene rings is 3. The molecule has 0 radical (unpaired) electrons. The topological polar surface area (TPSA) is 72.7 Å². The fourth-order valence-electron chi connectivity index (χ4n) is 2.67. The molecule has 0 unspecified atom stereocenters. The Balaban J connectivity index is 1.84. The van der Waals surface area contributed by atoms with Crippen LogP contribution in [0.2, 0.25) is 10.0 Å². The molecule has 0 N–H and O–H groups in total. The molecule has 8 heteroatoms. The molecule has 3 aromatic carbocycles. The number of nitro groups is 1. The van der Waals surface area contributed by atoms with Crippen molar-refractivity contribution >= 4 is 40.5 Å². The molecule has 0 bridgehead atoms. The van der Waals surface area contributed by atoms with E-state index in [4.69, 9.17) is 27.9 Å². The van der Waals surface area contributed by atoms with Gasteiger partial charge in [-0.2, -0.15) is 0 Å². The van der Waals surface area contributed by atoms with Crippen LogP contribution in [0.3, 0.4) is 0 Å². The monoisotopic (exact) mass is 430 g/mol. The highest BCUT2D eigenvalue weighted by atomic mass is 35.5. The molecule has 0 spiro atoms. The smallest absolute Gasteiger partial charge is 0.271 e. The first-order valence-electron chi connectivity index (χ1n) is 8.60. The molecule has 0 heterocycles. The zero-order chi connectivity index (χ0) is 20.8. The summed E-state index contributed by atoms with van der Waals surface area (Å²) in [6.07, 6.45) is 0. The van der Waals surface area contributed by atoms with Gasteiger partial charge in [0.25, 0.3) is 11.6 Å². The molecule has 0 saturated heterocycles. The Morgan fingerprint density at radius 2 is 1.76 bits per heavy atom. The largest absolute Gasteiger partial charge is 0.482 e. The number of nitro benzene ring substituents is 1. The number of ether oxygens (including phenoxy) is 1. The third kappa shape index (κ3) is 5.47. The summed E-state index contributed by atoms with van der Waals surface area (Å²) >= 11 is 12.0. The van der Waals surface area contributed by atoms with Gasteiger partial charge in [0, 0.05) is 17.2 Å². The number of nitrogens with zero attached hydrogens (tertiary/aromatic N) is 2. The molecule has 0 saturated carbocycles. The van der Waals surface area contributed by atoms with Crippen LogP contribution in [-0.4, -0.2) is 17.4 Å². The molecule has 0 aliphatic heterocycles. The van der Waals surface area contributed by atoms with Crippen molar-refractivity contribution in [2.75, 3.05) is 11.5 Å². The van der Waals surface area contributed by atoms with Crippen LogP contribution in [0.25, 0.3) is 0 Å². The second-order valence-corrected chi connectivity index (χ2v) is 6.95. The maximum atomic E-state index is 12.9. The van der Waals surface area contributed by atoms with Crippen LogP contribution in [0.4, 0.5) is 11.4 Å². The van der Waals surface area contributed by atoms with Crippen molar-refractivity contribution in [2.24, 2.45) is 0 Å². The van der Waals surface area contributed by atoms with Crippen LogP contribution in [-0.2, 0) is 11.3 Å². The Bertz CT molecular complexity index is 1030. The summed E-state index contributed by atoms with van der Waals surface area (Å²) in [6.45, 7) is -0.0601. The van der Waals surface area contributed by atoms with E-state index in [-0.39, 0.29) is 29.8 Å². The molecule has 0 fully saturated rings. The lowest BCUT2D eigenvalue weighted by Crippen LogP contribution is -2.34. The van der Waals surface area contributed by atoms with Gasteiger partial charge in [-0.25, -0.2) is 0 Å². The molecule has 0 atom stereocenters. The highest BCUT2D eigenvalue weighted by molar-refractivity contribution is 6.35. The number of halogens is 2. The number of hydrogen-bond acceptors (Lipinski definition) is 4. The van der Waals surface area contributed by atoms with E-state index >= 15 is 0 Å². The molecule has 29 heavy (non-hydrogen) atoms. The van der Waals surface area contributed by atoms with Crippen molar-refractivity contribution in [3.8, 4) is 5.75 Å². The van der Waals surface area contributed by atoms with E-state index in [0.717, 1.165) is 5.56 Å². The molecule has 0 aromatic heterocycles. The van der Waals surface area contributed by atoms with E-state index in [9.17, 15) is 14.9 Å². The summed E-state index contributed by atoms with van der Waals surface area (Å²) in [4.78, 5) is 25.0. The molecule has 0 aliphatic rings. The number of rotatable bonds is 7. The fourth-order valence-corrected chi connectivity index (χ4v) is 3.14. The van der Waals surface area contributed by atoms with Gasteiger partial charge in [-0.15, -0.1) is 0 Å². The summed E-state index contributed by atoms with van der Waals surface area (Å²) in [7, 11) is 0. The van der Waals surface area contributed by atoms with E-state index in [2.05, 4.69) is 0 Å². The van der Waals surface area contributed by atoms with Gasteiger partial charge in [0.1, 0.15) is 5.75 Å². The van der Waals surface area contributed by atoms with Crippen LogP contribution in [0.15, 0.2) is 72.8 Å². The molecule has 0 aliphatic carbocycles. The third-order valence-corrected chi connectivity index (χ3v) is 4.61. The molecular formula is C21H16Cl2N2O4. The van der Waals surface area contributed by atoms with E-state index in [0.29, 0.717) is 16.5 Å². The zero-order valence-electron chi connectivity index (χ0n) is 15.1. The van der Waals surface area contributed by atoms with Crippen molar-refractivity contribution < 1.29 is 14.5 Å². The maximum absolute atomic E-state index is 12.9. The normalized spacial score (nSPS) is 10.4. The van der Waals surface area contributed by atoms with E-state index in [1.54, 1.807) is 18.2 Å². The lowest BCUT2D eigenvalue weighted by Gasteiger charge is -2.23. The first-order chi connectivity index (χ1) is 13.9. The number of carbonyl (C=O) groups excluding carboxylic acids is 1. The van der Waals surface area contributed by atoms with E-state index < -0.39 is 4.92 Å². The van der Waals surface area contributed by atoms with E-state index in [1.807, 2.05) is 30.3 Å². The predicted octanol–water partition coefficient (Wildman–Crippen LogP) is 5.51. The van der Waals surface area contributed by atoms with Gasteiger partial charge in [-0.3, -0.25) is 14.9 Å². The molecule has 3 aromatic rings. The minimum Gasteiger partial charge on any atom is -0.482 e. The second-order valence-electron chi connectivity index (χ2n) is 6.11. The fraction of sp³-hybridized carbons (Fsp3) is 0.0952. The van der Waals surface area contributed by atoms with Crippen molar-refractivity contribution in [1.29, 1.82) is 0 Å². The van der Waals surface area contributed by atoms with Crippen molar-refractivity contribution in [3.05, 3.63) is 98.5 Å². The first-order valence-corrected chi connectivity index (χ1v) is 9.36. The maximum Gasteiger partial charge on any atom is 0.271 e. The van der Waals surface area contributed by atoms with Crippen molar-refractivity contribution in [3.63, 3.8) is 0 Å². The van der Waals surface area contributed by atoms with Crippen LogP contribution in [0, 0.1) is 10.1 Å². The van der Waals surface area contributed by atoms with Crippen molar-refractivity contribution in [1.82, 2.24) is 0 Å². The highest BCUT2D eigenvalue weighted by Gasteiger charge is 2.20. The Morgan fingerprint density at radius 1 is 1.00 bits per heavy atom. The summed E-state index contributed by atoms with van der Waals surface area (Å²) in [6, 6.07) is 19.9. The van der Waals surface area contributed by atoms with Gasteiger partial charge < -0.3 is 9.64 Å². The number of anilines is 1. The van der Waals surface area contributed by atoms with Crippen LogP contribution >= 0.6 is 23.2 Å². The quantitative estimate of drug-likeness (QED) is 0.365. The van der Waals surface area contributed by atoms with Crippen LogP contribution in [0.1, 0.15) is 5.56 Å². The number of amides is 1. The highest BCUT2D eigenvalue weighted by Crippen LogP contribution is 2.28. The molecule has 6 nitrogen and oxygen atoms in total. The predicted molar refractivity (Wildman–Crippen MR) is 113 cm³/mol. The molecule has 3 rings (SSSR count). The van der Waals surface area contributed by atoms with Crippen LogP contribution in [0.5, 0.6) is 5.75 Å². The lowest BCUT2D eigenvalue weighted by molar-refractivity contribution is -0.384. The molecular weight excluding hydrogens is 415 g/mol. The summed E-state index contributed by atoms with van der Waals surface area (Å²) < 4.78 is 5.56. The zero-order valence-corrected chi connectivity index (χ0v) is 16.6. The van der Waals surface area contributed by atoms with Gasteiger partial charge in [0.15, 0.2) is 6.61 Å². The SMILES string of the molecule is O=C(COc1ccc(Cl)cc1Cl)N(Cc1ccccc1)c1cccc([N+](=O)[O-])c1. The number of hydrogen-bond donors (Lipinski definition) is 0. The first kappa shape index (κ1) is 20.6. The standard InChI is InChI=1S/C21H16Cl2N2O4/c22-16-9-10-20(19(23)11-16)29-14-21(26)24(13-15-5-2-1-3-6-15)17-7-4-8-18(12-17)25(27)28/h1-12H,13-14H2. The molecule has 1 amide bonds. The van der Waals surface area contributed by atoms with Gasteiger partial charge in [-0.05, 0) is 29.8 Å². The van der Waals surface area contributed by atoms with Gasteiger partial charge in [0.2, 0.25) is 0 Å². The Hall–Kier alpha value is -3.09. The number of carbonyl (C=O) groups is 1.